The second-order valence-electron chi connectivity index (χ2n) is 7.50. The summed E-state index contributed by atoms with van der Waals surface area (Å²) in [5.74, 6) is 1.85. The highest BCUT2D eigenvalue weighted by Gasteiger charge is 2.40. The maximum atomic E-state index is 12.7. The lowest BCUT2D eigenvalue weighted by atomic mass is 9.68. The zero-order valence-electron chi connectivity index (χ0n) is 15.0. The molecule has 2 N–H and O–H groups in total. The summed E-state index contributed by atoms with van der Waals surface area (Å²) in [6.45, 7) is 3.39. The molecule has 2 heterocycles. The maximum Gasteiger partial charge on any atom is 0.243 e. The molecule has 1 fully saturated rings. The number of hydrogen-bond acceptors (Lipinski definition) is 4. The first-order valence-corrected chi connectivity index (χ1v) is 9.54. The second-order valence-corrected chi connectivity index (χ2v) is 7.93. The first-order valence-electron chi connectivity index (χ1n) is 9.17. The third-order valence-electron chi connectivity index (χ3n) is 6.12. The maximum absolute atomic E-state index is 12.7. The van der Waals surface area contributed by atoms with E-state index in [0.717, 1.165) is 42.4 Å². The highest BCUT2D eigenvalue weighted by atomic mass is 35.5. The Morgan fingerprint density at radius 3 is 2.73 bits per heavy atom. The predicted octanol–water partition coefficient (Wildman–Crippen LogP) is 2.42. The lowest BCUT2D eigenvalue weighted by Gasteiger charge is -2.44. The van der Waals surface area contributed by atoms with Crippen LogP contribution >= 0.6 is 11.6 Å². The summed E-state index contributed by atoms with van der Waals surface area (Å²) >= 11 is 6.19. The molecule has 0 bridgehead atoms. The number of aryl methyl sites for hydroxylation is 1. The van der Waals surface area contributed by atoms with Crippen LogP contribution in [0.5, 0.6) is 0 Å². The summed E-state index contributed by atoms with van der Waals surface area (Å²) in [5, 5.41) is 9.07. The van der Waals surface area contributed by atoms with Gasteiger partial charge in [0.05, 0.1) is 6.54 Å². The van der Waals surface area contributed by atoms with Crippen LogP contribution in [0.3, 0.4) is 0 Å². The van der Waals surface area contributed by atoms with Gasteiger partial charge in [0.1, 0.15) is 12.4 Å². The standard InChI is InChI=1S/C19H24ClN5O/c1-13-22-23-17-10-25(18(26)11-24(13)17)16-5-7-19(12-21,8-6-16)14-3-2-4-15(20)9-14/h2-4,9,16H,5-8,10-12,21H2,1H3/t16-,19+. The van der Waals surface area contributed by atoms with E-state index in [2.05, 4.69) is 16.3 Å². The van der Waals surface area contributed by atoms with E-state index < -0.39 is 0 Å². The fraction of sp³-hybridized carbons (Fsp3) is 0.526. The van der Waals surface area contributed by atoms with E-state index in [1.54, 1.807) is 0 Å². The zero-order valence-corrected chi connectivity index (χ0v) is 15.7. The van der Waals surface area contributed by atoms with Crippen LogP contribution in [-0.4, -0.2) is 38.2 Å². The van der Waals surface area contributed by atoms with Crippen molar-refractivity contribution in [3.05, 3.63) is 46.5 Å². The van der Waals surface area contributed by atoms with Gasteiger partial charge in [-0.1, -0.05) is 23.7 Å². The minimum Gasteiger partial charge on any atom is -0.331 e. The van der Waals surface area contributed by atoms with Gasteiger partial charge in [0.2, 0.25) is 5.91 Å². The van der Waals surface area contributed by atoms with E-state index in [-0.39, 0.29) is 17.4 Å². The number of carbonyl (C=O) groups excluding carboxylic acids is 1. The predicted molar refractivity (Wildman–Crippen MR) is 99.7 cm³/mol. The fourth-order valence-electron chi connectivity index (χ4n) is 4.44. The SMILES string of the molecule is Cc1nnc2n1CC(=O)N([C@H]1CC[C@@](CN)(c3cccc(Cl)c3)CC1)C2. The first kappa shape index (κ1) is 17.5. The number of nitrogens with two attached hydrogens (primary N) is 1. The van der Waals surface area contributed by atoms with Crippen LogP contribution in [0, 0.1) is 6.92 Å². The van der Waals surface area contributed by atoms with Gasteiger partial charge in [-0.05, 0) is 50.3 Å². The topological polar surface area (TPSA) is 77.0 Å². The Kier molecular flexibility index (Phi) is 4.49. The average molecular weight is 374 g/mol. The van der Waals surface area contributed by atoms with Gasteiger partial charge in [-0.3, -0.25) is 4.79 Å². The van der Waals surface area contributed by atoms with Crippen molar-refractivity contribution in [1.29, 1.82) is 0 Å². The molecule has 1 aromatic heterocycles. The Balaban J connectivity index is 1.50. The van der Waals surface area contributed by atoms with Gasteiger partial charge in [-0.2, -0.15) is 0 Å². The normalized spacial score (nSPS) is 26.0. The molecule has 2 aliphatic rings. The molecule has 6 nitrogen and oxygen atoms in total. The number of aromatic nitrogens is 3. The Bertz CT molecular complexity index is 825. The van der Waals surface area contributed by atoms with Crippen molar-refractivity contribution < 1.29 is 4.79 Å². The van der Waals surface area contributed by atoms with E-state index in [9.17, 15) is 4.79 Å². The van der Waals surface area contributed by atoms with E-state index >= 15 is 0 Å². The molecule has 0 unspecified atom stereocenters. The van der Waals surface area contributed by atoms with Crippen molar-refractivity contribution in [2.45, 2.75) is 57.2 Å². The molecule has 4 rings (SSSR count). The van der Waals surface area contributed by atoms with E-state index in [4.69, 9.17) is 17.3 Å². The molecule has 1 aliphatic heterocycles. The number of amides is 1. The molecule has 0 atom stereocenters. The van der Waals surface area contributed by atoms with Crippen LogP contribution in [0.2, 0.25) is 5.02 Å². The fourth-order valence-corrected chi connectivity index (χ4v) is 4.63. The quantitative estimate of drug-likeness (QED) is 0.896. The molecule has 0 radical (unpaired) electrons. The summed E-state index contributed by atoms with van der Waals surface area (Å²) in [4.78, 5) is 14.6. The lowest BCUT2D eigenvalue weighted by Crippen LogP contribution is -2.50. The van der Waals surface area contributed by atoms with Crippen LogP contribution in [0.25, 0.3) is 0 Å². The number of rotatable bonds is 3. The van der Waals surface area contributed by atoms with Gasteiger partial charge >= 0.3 is 0 Å². The lowest BCUT2D eigenvalue weighted by molar-refractivity contribution is -0.138. The second kappa shape index (κ2) is 6.67. The zero-order chi connectivity index (χ0) is 18.3. The largest absolute Gasteiger partial charge is 0.331 e. The number of benzene rings is 1. The monoisotopic (exact) mass is 373 g/mol. The molecule has 0 spiro atoms. The van der Waals surface area contributed by atoms with Crippen LogP contribution in [0.4, 0.5) is 0 Å². The van der Waals surface area contributed by atoms with Crippen molar-refractivity contribution in [2.75, 3.05) is 6.54 Å². The van der Waals surface area contributed by atoms with Crippen LogP contribution in [0.15, 0.2) is 24.3 Å². The minimum atomic E-state index is -0.0448. The van der Waals surface area contributed by atoms with E-state index in [0.29, 0.717) is 19.6 Å². The Morgan fingerprint density at radius 1 is 1.27 bits per heavy atom. The van der Waals surface area contributed by atoms with Crippen molar-refractivity contribution in [3.63, 3.8) is 0 Å². The van der Waals surface area contributed by atoms with Crippen LogP contribution in [-0.2, 0) is 23.3 Å². The van der Waals surface area contributed by atoms with Crippen molar-refractivity contribution in [3.8, 4) is 0 Å². The van der Waals surface area contributed by atoms with Crippen LogP contribution < -0.4 is 5.73 Å². The van der Waals surface area contributed by atoms with Gasteiger partial charge < -0.3 is 15.2 Å². The first-order chi connectivity index (χ1) is 12.5. The molecular weight excluding hydrogens is 350 g/mol. The molecule has 7 heteroatoms. The van der Waals surface area contributed by atoms with Crippen molar-refractivity contribution in [1.82, 2.24) is 19.7 Å². The smallest absolute Gasteiger partial charge is 0.243 e. The van der Waals surface area contributed by atoms with Gasteiger partial charge in [0, 0.05) is 23.0 Å². The summed E-state index contributed by atoms with van der Waals surface area (Å²) in [6.07, 6.45) is 3.82. The Hall–Kier alpha value is -1.92. The van der Waals surface area contributed by atoms with Gasteiger partial charge in [-0.15, -0.1) is 10.2 Å². The summed E-state index contributed by atoms with van der Waals surface area (Å²) in [7, 11) is 0. The third kappa shape index (κ3) is 2.91. The summed E-state index contributed by atoms with van der Waals surface area (Å²) < 4.78 is 1.91. The van der Waals surface area contributed by atoms with Crippen LogP contribution in [0.1, 0.15) is 42.9 Å². The Morgan fingerprint density at radius 2 is 2.04 bits per heavy atom. The summed E-state index contributed by atoms with van der Waals surface area (Å²) in [6, 6.07) is 8.28. The molecule has 1 aliphatic carbocycles. The number of fused-ring (bicyclic) bond motifs is 1. The Labute approximate surface area is 158 Å². The van der Waals surface area contributed by atoms with E-state index in [1.807, 2.05) is 34.6 Å². The average Bonchev–Trinajstić information content (AvgIpc) is 3.01. The number of hydrogen-bond donors (Lipinski definition) is 1. The van der Waals surface area contributed by atoms with Gasteiger partial charge in [0.25, 0.3) is 0 Å². The molecular formula is C19H24ClN5O. The highest BCUT2D eigenvalue weighted by Crippen LogP contribution is 2.41. The van der Waals surface area contributed by atoms with E-state index in [1.165, 1.54) is 5.56 Å². The number of halogens is 1. The molecule has 1 amide bonds. The molecule has 138 valence electrons. The van der Waals surface area contributed by atoms with Crippen molar-refractivity contribution >= 4 is 17.5 Å². The molecule has 1 aromatic carbocycles. The van der Waals surface area contributed by atoms with Gasteiger partial charge in [-0.25, -0.2) is 0 Å². The number of nitrogens with zero attached hydrogens (tertiary/aromatic N) is 4. The summed E-state index contributed by atoms with van der Waals surface area (Å²) in [5.41, 5.74) is 7.36. The molecule has 1 saturated carbocycles. The molecule has 2 aromatic rings. The highest BCUT2D eigenvalue weighted by molar-refractivity contribution is 6.30. The molecule has 0 saturated heterocycles. The molecule has 26 heavy (non-hydrogen) atoms. The number of carbonyl (C=O) groups is 1. The third-order valence-corrected chi connectivity index (χ3v) is 6.35. The van der Waals surface area contributed by atoms with Crippen molar-refractivity contribution in [2.24, 2.45) is 5.73 Å². The van der Waals surface area contributed by atoms with Gasteiger partial charge in [0.15, 0.2) is 5.82 Å². The minimum absolute atomic E-state index is 0.0448.